The second-order valence-electron chi connectivity index (χ2n) is 19.2. The summed E-state index contributed by atoms with van der Waals surface area (Å²) in [5, 5.41) is 4.15. The third-order valence-corrected chi connectivity index (χ3v) is 15.4. The van der Waals surface area contributed by atoms with Gasteiger partial charge in [-0.3, -0.25) is 0 Å². The molecule has 0 atom stereocenters. The molecule has 0 N–H and O–H groups in total. The molecule has 0 aliphatic carbocycles. The largest absolute Gasteiger partial charge is 1.00 e. The average Bonchev–Trinajstić information content (AvgIpc) is 4.25. The quantitative estimate of drug-likeness (QED) is 0.122. The van der Waals surface area contributed by atoms with Gasteiger partial charge >= 0.3 is 33.3 Å². The number of fused-ring (bicyclic) bond motifs is 6. The third kappa shape index (κ3) is 13.7. The number of benzene rings is 6. The van der Waals surface area contributed by atoms with E-state index >= 15 is 0 Å². The van der Waals surface area contributed by atoms with Gasteiger partial charge in [0.1, 0.15) is 0 Å². The van der Waals surface area contributed by atoms with E-state index in [-0.39, 0.29) is 116 Å². The number of ether oxygens (including phenoxy) is 1. The molecular formula is C59H71B3LiO6S2. The van der Waals surface area contributed by atoms with Crippen LogP contribution in [0.25, 0.3) is 62.6 Å². The van der Waals surface area contributed by atoms with Crippen LogP contribution in [0.2, 0.25) is 0 Å². The van der Waals surface area contributed by atoms with Gasteiger partial charge in [0.2, 0.25) is 0 Å². The van der Waals surface area contributed by atoms with Crippen molar-refractivity contribution in [1.29, 1.82) is 0 Å². The van der Waals surface area contributed by atoms with Crippen LogP contribution in [0.5, 0.6) is 0 Å². The van der Waals surface area contributed by atoms with Gasteiger partial charge in [0.05, 0.1) is 36.1 Å². The Morgan fingerprint density at radius 3 is 1.48 bits per heavy atom. The Kier molecular flexibility index (Phi) is 16.1. The molecule has 12 heteroatoms. The van der Waals surface area contributed by atoms with Crippen LogP contribution in [0.4, 0.5) is 0 Å². The van der Waals surface area contributed by atoms with Crippen LogP contribution in [0.3, 0.4) is 0 Å². The van der Waals surface area contributed by atoms with Crippen LogP contribution in [0, 0.1) is 6.42 Å². The Bertz CT molecular complexity index is 3400. The van der Waals surface area contributed by atoms with Crippen molar-refractivity contribution in [2.24, 2.45) is 0 Å². The van der Waals surface area contributed by atoms with Crippen molar-refractivity contribution < 1.29 is 60.6 Å². The summed E-state index contributed by atoms with van der Waals surface area (Å²) in [5.74, 6) is 0. The van der Waals surface area contributed by atoms with Crippen molar-refractivity contribution in [2.45, 2.75) is 131 Å². The summed E-state index contributed by atoms with van der Waals surface area (Å²) in [7, 11) is -1.04. The molecule has 3 aliphatic heterocycles. The molecule has 0 amide bonds. The molecule has 71 heavy (non-hydrogen) atoms. The first-order chi connectivity index (χ1) is 37.1. The van der Waals surface area contributed by atoms with E-state index in [9.17, 15) is 0 Å². The van der Waals surface area contributed by atoms with Crippen molar-refractivity contribution in [3.63, 3.8) is 0 Å². The van der Waals surface area contributed by atoms with Gasteiger partial charge in [-0.05, 0) is 116 Å². The third-order valence-electron chi connectivity index (χ3n) is 12.9. The number of unbranched alkanes of at least 4 members (excludes halogenated alkanes) is 1. The minimum absolute atomic E-state index is 0. The smallest absolute Gasteiger partial charge is 0.399 e. The molecule has 11 rings (SSSR count). The SMILES string of the molecule is C1CCOC1.CC(C)OB1OC(C)(C)C(C)(C)O1.C[CH-]CC.[2H]c1c([2H])c([2H])c(-c2cccc3c2sc2c(B4OC(C)(C)C(C)(C)O4)cccc23)c([2H])c1[2H].[2H]c1c([2H])c([2H])c(-c2cccc3c2sc2ccccc23)c([2H])c1[2H].[B].[Li+]. The second kappa shape index (κ2) is 25.5. The summed E-state index contributed by atoms with van der Waals surface area (Å²) in [6, 6.07) is 22.7. The van der Waals surface area contributed by atoms with Crippen LogP contribution in [-0.4, -0.2) is 64.6 Å². The van der Waals surface area contributed by atoms with Crippen LogP contribution < -0.4 is 24.3 Å². The molecule has 3 saturated heterocycles. The maximum Gasteiger partial charge on any atom is 1.00 e. The normalized spacial score (nSPS) is 18.9. The van der Waals surface area contributed by atoms with Crippen molar-refractivity contribution >= 4 is 91.3 Å². The molecule has 5 heterocycles. The summed E-state index contributed by atoms with van der Waals surface area (Å²) < 4.78 is 119. The molecule has 0 saturated carbocycles. The number of thiophene rings is 2. The summed E-state index contributed by atoms with van der Waals surface area (Å²) in [6.07, 6.45) is 6.00. The van der Waals surface area contributed by atoms with Gasteiger partial charge in [0.25, 0.3) is 0 Å². The first-order valence-electron chi connectivity index (χ1n) is 28.8. The van der Waals surface area contributed by atoms with Crippen LogP contribution >= 0.6 is 22.7 Å². The monoisotopic (exact) mass is 990 g/mol. The van der Waals surface area contributed by atoms with E-state index in [0.29, 0.717) is 11.1 Å². The first kappa shape index (κ1) is 44.8. The Balaban J connectivity index is 0.000000218. The zero-order valence-electron chi connectivity index (χ0n) is 53.7. The van der Waals surface area contributed by atoms with Gasteiger partial charge in [-0.25, -0.2) is 0 Å². The first-order valence-corrected chi connectivity index (χ1v) is 25.5. The van der Waals surface area contributed by atoms with Gasteiger partial charge in [0, 0.05) is 68.2 Å². The fourth-order valence-electron chi connectivity index (χ4n) is 7.48. The second-order valence-corrected chi connectivity index (χ2v) is 21.3. The number of rotatable bonds is 6. The zero-order valence-corrected chi connectivity index (χ0v) is 45.3. The molecule has 3 fully saturated rings. The predicted molar refractivity (Wildman–Crippen MR) is 304 cm³/mol. The number of hydrogen-bond acceptors (Lipinski definition) is 8. The van der Waals surface area contributed by atoms with Crippen molar-refractivity contribution in [3.05, 3.63) is 146 Å². The molecule has 365 valence electrons. The fourth-order valence-corrected chi connectivity index (χ4v) is 10.0. The summed E-state index contributed by atoms with van der Waals surface area (Å²) in [4.78, 5) is 0. The molecule has 0 unspecified atom stereocenters. The van der Waals surface area contributed by atoms with Crippen molar-refractivity contribution in [1.82, 2.24) is 0 Å². The van der Waals surface area contributed by atoms with Crippen LogP contribution in [0.1, 0.15) is 116 Å². The van der Waals surface area contributed by atoms with Gasteiger partial charge < -0.3 is 34.4 Å². The molecule has 0 bridgehead atoms. The summed E-state index contributed by atoms with van der Waals surface area (Å²) >= 11 is 3.11. The molecule has 3 aliphatic rings. The zero-order chi connectivity index (χ0) is 58.1. The fraction of sp³-hybridized carbons (Fsp3) is 0.373. The maximum absolute atomic E-state index is 8.44. The van der Waals surface area contributed by atoms with E-state index in [4.69, 9.17) is 41.7 Å². The van der Waals surface area contributed by atoms with E-state index in [2.05, 4.69) is 20.3 Å². The summed E-state index contributed by atoms with van der Waals surface area (Å²) in [5.41, 5.74) is 1.20. The molecular weight excluding hydrogens is 908 g/mol. The van der Waals surface area contributed by atoms with Crippen molar-refractivity contribution in [2.75, 3.05) is 13.2 Å². The standard InChI is InChI=1S/C24H23BO2S.C18H12S.C9H19BO3.C4H8O.C4H9.B.Li/c1-23(2)24(3,4)27-25(26-23)20-15-9-14-19-18-13-8-12-17(21(18)28-22(19)20)16-10-6-5-7-11-16;1-2-7-13(8-3-1)14-10-6-11-16-15-9-4-5-12-17(15)19-18(14)16;1-7(2)11-10-12-8(3,4)9(5,6)13-10;1-2-4-5-3-1;1-3-4-2;;/h5-15H,1-4H3;1-12H;7H,1-6H3;1-4H2;3H,4H2,1-2H3;;/q;;;;-1;;+1/i5D,6D,7D,10D,11D;1D,2D,3D,7D,8D;;;;;. The Labute approximate surface area is 461 Å². The minimum atomic E-state index is -0.523. The van der Waals surface area contributed by atoms with Crippen molar-refractivity contribution in [3.8, 4) is 22.3 Å². The minimum Gasteiger partial charge on any atom is -0.399 e. The Morgan fingerprint density at radius 2 is 1.01 bits per heavy atom. The van der Waals surface area contributed by atoms with Crippen LogP contribution in [0.15, 0.2) is 139 Å². The Morgan fingerprint density at radius 1 is 0.592 bits per heavy atom. The van der Waals surface area contributed by atoms with Gasteiger partial charge in [-0.2, -0.15) is 13.3 Å². The average molecular weight is 990 g/mol. The topological polar surface area (TPSA) is 55.4 Å². The molecule has 6 aromatic carbocycles. The molecule has 0 spiro atoms. The Hall–Kier alpha value is -3.69. The van der Waals surface area contributed by atoms with E-state index in [1.807, 2.05) is 148 Å². The predicted octanol–water partition coefficient (Wildman–Crippen LogP) is 12.8. The van der Waals surface area contributed by atoms with Crippen LogP contribution in [-0.2, 0) is 28.0 Å². The number of hydrogen-bond donors (Lipinski definition) is 0. The molecule has 8 aromatic rings. The maximum atomic E-state index is 8.44. The molecule has 2 aromatic heterocycles. The summed E-state index contributed by atoms with van der Waals surface area (Å²) in [6.45, 7) is 26.2. The van der Waals surface area contributed by atoms with E-state index in [1.54, 1.807) is 11.3 Å². The van der Waals surface area contributed by atoms with E-state index in [0.717, 1.165) is 59.0 Å². The van der Waals surface area contributed by atoms with E-state index in [1.165, 1.54) is 30.6 Å². The van der Waals surface area contributed by atoms with Gasteiger partial charge in [0.15, 0.2) is 0 Å². The van der Waals surface area contributed by atoms with Gasteiger partial charge in [-0.15, -0.1) is 22.7 Å². The van der Waals surface area contributed by atoms with Gasteiger partial charge in [-0.1, -0.05) is 140 Å². The molecule has 6 nitrogen and oxygen atoms in total. The van der Waals surface area contributed by atoms with E-state index < -0.39 is 25.6 Å². The molecule has 3 radical (unpaired) electrons.